The van der Waals surface area contributed by atoms with Crippen LogP contribution < -0.4 is 21.3 Å². The Hall–Kier alpha value is -2.85. The van der Waals surface area contributed by atoms with Crippen molar-refractivity contribution in [3.05, 3.63) is 0 Å². The van der Waals surface area contributed by atoms with Crippen LogP contribution in [-0.2, 0) is 42.9 Å². The fourth-order valence-corrected chi connectivity index (χ4v) is 5.83. The molecule has 2 rings (SSSR count). The summed E-state index contributed by atoms with van der Waals surface area (Å²) in [7, 11) is 0. The highest BCUT2D eigenvalue weighted by molar-refractivity contribution is 5.87. The number of hydrogen-bond acceptors (Lipinski definition) is 15. The van der Waals surface area contributed by atoms with Gasteiger partial charge in [-0.25, -0.2) is 0 Å². The Bertz CT molecular complexity index is 1130. The topological polar surface area (TPSA) is 292 Å². The Kier molecular flexibility index (Phi) is 20.7. The van der Waals surface area contributed by atoms with Gasteiger partial charge in [-0.1, -0.05) is 0 Å². The fourth-order valence-electron chi connectivity index (χ4n) is 5.83. The summed E-state index contributed by atoms with van der Waals surface area (Å²) in [4.78, 5) is 60.0. The highest BCUT2D eigenvalue weighted by Crippen LogP contribution is 2.24. The fraction of sp³-hybridized carbons (Fsp3) is 0.848. The third-order valence-corrected chi connectivity index (χ3v) is 8.73. The van der Waals surface area contributed by atoms with Crippen molar-refractivity contribution in [1.29, 1.82) is 0 Å². The van der Waals surface area contributed by atoms with Gasteiger partial charge in [0.2, 0.25) is 23.6 Å². The molecule has 2 heterocycles. The van der Waals surface area contributed by atoms with E-state index in [0.717, 1.165) is 0 Å². The van der Waals surface area contributed by atoms with Crippen molar-refractivity contribution in [1.82, 2.24) is 21.3 Å². The second-order valence-electron chi connectivity index (χ2n) is 13.1. The molecule has 0 aromatic heterocycles. The SMILES string of the molecule is CC(=O)NC1C(OCCCCC(=O)NCCCCC(NC(=O)CCCCOC2OC(CO)C(O)C(O)C2NC(C)=O)C(C)=O)OC(CO)C(O)C1O. The summed E-state index contributed by atoms with van der Waals surface area (Å²) >= 11 is 0. The van der Waals surface area contributed by atoms with E-state index in [1.54, 1.807) is 0 Å². The molecule has 2 aliphatic heterocycles. The minimum Gasteiger partial charge on any atom is -0.394 e. The third-order valence-electron chi connectivity index (χ3n) is 8.73. The van der Waals surface area contributed by atoms with Crippen LogP contribution in [0.5, 0.6) is 0 Å². The lowest BCUT2D eigenvalue weighted by atomic mass is 9.97. The average molecular weight is 751 g/mol. The van der Waals surface area contributed by atoms with Gasteiger partial charge < -0.3 is 70.9 Å². The third kappa shape index (κ3) is 15.2. The van der Waals surface area contributed by atoms with E-state index in [9.17, 15) is 54.6 Å². The lowest BCUT2D eigenvalue weighted by molar-refractivity contribution is -0.270. The standard InChI is InChI=1S/C33H58N4O15/c1-18(40)21(37-25(44)12-6-9-15-50-33-27(36-20(3)42)31(48)29(46)23(17-39)52-33)10-4-7-13-34-24(43)11-5-8-14-49-32-26(35-19(2)41)30(47)28(45)22(16-38)51-32/h21-23,26-33,38-39,45-48H,4-17H2,1-3H3,(H,34,43)(H,35,41)(H,36,42)(H,37,44). The molecular weight excluding hydrogens is 692 g/mol. The molecule has 0 radical (unpaired) electrons. The van der Waals surface area contributed by atoms with Crippen LogP contribution >= 0.6 is 0 Å². The highest BCUT2D eigenvalue weighted by Gasteiger charge is 2.46. The van der Waals surface area contributed by atoms with Gasteiger partial charge in [0, 0.05) is 46.4 Å². The summed E-state index contributed by atoms with van der Waals surface area (Å²) in [6, 6.07) is -2.77. The number of rotatable bonds is 23. The van der Waals surface area contributed by atoms with E-state index in [4.69, 9.17) is 18.9 Å². The number of ketones is 1. The molecule has 4 amide bonds. The molecule has 11 unspecified atom stereocenters. The predicted molar refractivity (Wildman–Crippen MR) is 180 cm³/mol. The van der Waals surface area contributed by atoms with Crippen LogP contribution in [0.2, 0.25) is 0 Å². The van der Waals surface area contributed by atoms with E-state index in [-0.39, 0.29) is 43.7 Å². The molecular formula is C33H58N4O15. The molecule has 52 heavy (non-hydrogen) atoms. The molecule has 0 bridgehead atoms. The van der Waals surface area contributed by atoms with Crippen molar-refractivity contribution < 1.29 is 73.6 Å². The molecule has 10 N–H and O–H groups in total. The molecule has 19 heteroatoms. The zero-order valence-electron chi connectivity index (χ0n) is 30.1. The van der Waals surface area contributed by atoms with Crippen LogP contribution in [0.15, 0.2) is 0 Å². The number of nitrogens with one attached hydrogen (secondary N) is 4. The van der Waals surface area contributed by atoms with E-state index in [0.29, 0.717) is 51.5 Å². The molecule has 0 aromatic rings. The van der Waals surface area contributed by atoms with Crippen LogP contribution in [0.25, 0.3) is 0 Å². The Morgan fingerprint density at radius 1 is 0.635 bits per heavy atom. The maximum atomic E-state index is 12.5. The first-order chi connectivity index (χ1) is 24.7. The van der Waals surface area contributed by atoms with Crippen molar-refractivity contribution in [2.45, 2.75) is 146 Å². The highest BCUT2D eigenvalue weighted by atomic mass is 16.7. The molecule has 2 saturated heterocycles. The number of hydrogen-bond donors (Lipinski definition) is 10. The van der Waals surface area contributed by atoms with Gasteiger partial charge in [0.25, 0.3) is 0 Å². The maximum Gasteiger partial charge on any atom is 0.220 e. The molecule has 2 aliphatic rings. The molecule has 0 spiro atoms. The molecule has 11 atom stereocenters. The number of ether oxygens (including phenoxy) is 4. The number of Topliss-reactive ketones (excluding diaryl/α,β-unsaturated/α-hetero) is 1. The smallest absolute Gasteiger partial charge is 0.220 e. The lowest BCUT2D eigenvalue weighted by Gasteiger charge is -2.42. The number of unbranched alkanes of at least 4 members (excludes halogenated alkanes) is 3. The monoisotopic (exact) mass is 750 g/mol. The number of carbonyl (C=O) groups excluding carboxylic acids is 5. The molecule has 300 valence electrons. The summed E-state index contributed by atoms with van der Waals surface area (Å²) in [6.45, 7) is 3.38. The van der Waals surface area contributed by atoms with Crippen molar-refractivity contribution in [2.75, 3.05) is 33.0 Å². The second-order valence-corrected chi connectivity index (χ2v) is 13.1. The number of amides is 4. The van der Waals surface area contributed by atoms with Crippen molar-refractivity contribution in [3.8, 4) is 0 Å². The maximum absolute atomic E-state index is 12.5. The van der Waals surface area contributed by atoms with E-state index in [1.165, 1.54) is 20.8 Å². The lowest BCUT2D eigenvalue weighted by Crippen LogP contribution is -2.64. The Morgan fingerprint density at radius 2 is 1.10 bits per heavy atom. The predicted octanol–water partition coefficient (Wildman–Crippen LogP) is -3.39. The minimum atomic E-state index is -1.42. The first-order valence-corrected chi connectivity index (χ1v) is 17.8. The Labute approximate surface area is 303 Å². The van der Waals surface area contributed by atoms with Crippen molar-refractivity contribution in [3.63, 3.8) is 0 Å². The normalized spacial score (nSPS) is 29.5. The molecule has 0 saturated carbocycles. The van der Waals surface area contributed by atoms with E-state index in [2.05, 4.69) is 21.3 Å². The first kappa shape index (κ1) is 45.3. The van der Waals surface area contributed by atoms with Gasteiger partial charge in [-0.2, -0.15) is 0 Å². The van der Waals surface area contributed by atoms with Gasteiger partial charge in [0.15, 0.2) is 18.4 Å². The summed E-state index contributed by atoms with van der Waals surface area (Å²) in [5, 5.41) is 70.2. The molecule has 2 fully saturated rings. The first-order valence-electron chi connectivity index (χ1n) is 17.8. The van der Waals surface area contributed by atoms with E-state index < -0.39 is 92.4 Å². The molecule has 19 nitrogen and oxygen atoms in total. The molecule has 0 aliphatic carbocycles. The van der Waals surface area contributed by atoms with Crippen LogP contribution in [-0.4, -0.2) is 160 Å². The molecule has 0 aromatic carbocycles. The number of aliphatic hydroxyl groups is 6. The van der Waals surface area contributed by atoms with Crippen LogP contribution in [0.4, 0.5) is 0 Å². The summed E-state index contributed by atoms with van der Waals surface area (Å²) in [5.41, 5.74) is 0. The summed E-state index contributed by atoms with van der Waals surface area (Å²) in [5.74, 6) is -1.61. The van der Waals surface area contributed by atoms with Crippen molar-refractivity contribution >= 4 is 29.4 Å². The largest absolute Gasteiger partial charge is 0.394 e. The quantitative estimate of drug-likeness (QED) is 0.0456. The van der Waals surface area contributed by atoms with Gasteiger partial charge in [0.05, 0.1) is 19.3 Å². The Morgan fingerprint density at radius 3 is 1.52 bits per heavy atom. The van der Waals surface area contributed by atoms with Crippen molar-refractivity contribution in [2.24, 2.45) is 0 Å². The average Bonchev–Trinajstić information content (AvgIpc) is 3.09. The van der Waals surface area contributed by atoms with Gasteiger partial charge >= 0.3 is 0 Å². The van der Waals surface area contributed by atoms with Gasteiger partial charge in [0.1, 0.15) is 48.7 Å². The minimum absolute atomic E-state index is 0.100. The van der Waals surface area contributed by atoms with Crippen LogP contribution in [0.3, 0.4) is 0 Å². The van der Waals surface area contributed by atoms with Crippen LogP contribution in [0.1, 0.15) is 78.6 Å². The van der Waals surface area contributed by atoms with E-state index >= 15 is 0 Å². The second kappa shape index (κ2) is 23.7. The van der Waals surface area contributed by atoms with Gasteiger partial charge in [-0.15, -0.1) is 0 Å². The number of carbonyl (C=O) groups is 5. The Balaban J connectivity index is 1.60. The summed E-state index contributed by atoms with van der Waals surface area (Å²) in [6.07, 6.45) is -6.40. The number of aliphatic hydroxyl groups excluding tert-OH is 6. The summed E-state index contributed by atoms with van der Waals surface area (Å²) < 4.78 is 22.3. The van der Waals surface area contributed by atoms with Gasteiger partial charge in [-0.3, -0.25) is 24.0 Å². The van der Waals surface area contributed by atoms with Gasteiger partial charge in [-0.05, 0) is 51.9 Å². The zero-order chi connectivity index (χ0) is 38.8. The van der Waals surface area contributed by atoms with E-state index in [1.807, 2.05) is 0 Å². The van der Waals surface area contributed by atoms with Crippen LogP contribution in [0, 0.1) is 0 Å². The zero-order valence-corrected chi connectivity index (χ0v) is 30.1.